The zero-order chi connectivity index (χ0) is 36.3. The van der Waals surface area contributed by atoms with E-state index in [2.05, 4.69) is 127 Å². The van der Waals surface area contributed by atoms with E-state index in [1.54, 1.807) is 0 Å². The van der Waals surface area contributed by atoms with Crippen molar-refractivity contribution in [2.45, 2.75) is 0 Å². The summed E-state index contributed by atoms with van der Waals surface area (Å²) in [4.78, 5) is 14.9. The van der Waals surface area contributed by atoms with Gasteiger partial charge >= 0.3 is 0 Å². The first-order valence-electron chi connectivity index (χ1n) is 18.5. The van der Waals surface area contributed by atoms with Gasteiger partial charge in [0.05, 0.1) is 0 Å². The molecule has 0 radical (unpaired) electrons. The molecule has 2 aromatic heterocycles. The molecule has 0 unspecified atom stereocenters. The Morgan fingerprint density at radius 3 is 1.45 bits per heavy atom. The second kappa shape index (κ2) is 12.6. The number of benzene rings is 9. The number of hydrogen-bond acceptors (Lipinski definition) is 4. The molecule has 0 aliphatic rings. The van der Waals surface area contributed by atoms with E-state index in [9.17, 15) is 0 Å². The Balaban J connectivity index is 1.08. The van der Waals surface area contributed by atoms with Crippen LogP contribution < -0.4 is 0 Å². The molecule has 2 heterocycles. The Morgan fingerprint density at radius 1 is 0.273 bits per heavy atom. The maximum Gasteiger partial charge on any atom is 0.164 e. The molecule has 4 heteroatoms. The van der Waals surface area contributed by atoms with Crippen LogP contribution in [-0.2, 0) is 0 Å². The number of rotatable bonds is 6. The van der Waals surface area contributed by atoms with Crippen molar-refractivity contribution >= 4 is 43.5 Å². The maximum absolute atomic E-state index is 6.50. The SMILES string of the molecule is c1ccc(-c2ccc3c(c2)c2c(-c4cccc(-c5cccc(-c6nc(-c7ccccc7)nc(-c7ccccc7)n6)c5)c4)ccc4oc5cccc3c5c42)cc1. The second-order valence-corrected chi connectivity index (χ2v) is 14.0. The van der Waals surface area contributed by atoms with Crippen LogP contribution in [0.2, 0.25) is 0 Å². The summed E-state index contributed by atoms with van der Waals surface area (Å²) in [6, 6.07) is 65.8. The summed E-state index contributed by atoms with van der Waals surface area (Å²) in [5.41, 5.74) is 11.5. The lowest BCUT2D eigenvalue weighted by Crippen LogP contribution is -2.00. The summed E-state index contributed by atoms with van der Waals surface area (Å²) >= 11 is 0. The zero-order valence-electron chi connectivity index (χ0n) is 29.6. The van der Waals surface area contributed by atoms with E-state index in [1.165, 1.54) is 49.0 Å². The first-order chi connectivity index (χ1) is 27.2. The summed E-state index contributed by atoms with van der Waals surface area (Å²) in [6.45, 7) is 0. The smallest absolute Gasteiger partial charge is 0.164 e. The molecule has 11 aromatic rings. The molecule has 0 fully saturated rings. The van der Waals surface area contributed by atoms with Crippen LogP contribution in [-0.4, -0.2) is 15.0 Å². The predicted octanol–water partition coefficient (Wildman–Crippen LogP) is 13.5. The summed E-state index contributed by atoms with van der Waals surface area (Å²) < 4.78 is 6.50. The predicted molar refractivity (Wildman–Crippen MR) is 226 cm³/mol. The highest BCUT2D eigenvalue weighted by molar-refractivity contribution is 6.35. The first kappa shape index (κ1) is 31.1. The molecule has 0 bridgehead atoms. The van der Waals surface area contributed by atoms with Gasteiger partial charge in [-0.1, -0.05) is 158 Å². The van der Waals surface area contributed by atoms with E-state index >= 15 is 0 Å². The third kappa shape index (κ3) is 5.26. The molecule has 0 aliphatic heterocycles. The van der Waals surface area contributed by atoms with Gasteiger partial charge in [-0.15, -0.1) is 0 Å². The van der Waals surface area contributed by atoms with Crippen molar-refractivity contribution in [2.24, 2.45) is 0 Å². The topological polar surface area (TPSA) is 51.8 Å². The highest BCUT2D eigenvalue weighted by Gasteiger charge is 2.21. The van der Waals surface area contributed by atoms with Gasteiger partial charge in [0.25, 0.3) is 0 Å². The summed E-state index contributed by atoms with van der Waals surface area (Å²) in [7, 11) is 0. The van der Waals surface area contributed by atoms with Crippen LogP contribution >= 0.6 is 0 Å². The Bertz CT molecular complexity index is 3130. The van der Waals surface area contributed by atoms with Crippen molar-refractivity contribution in [3.8, 4) is 67.5 Å². The van der Waals surface area contributed by atoms with E-state index in [4.69, 9.17) is 19.4 Å². The Kier molecular flexibility index (Phi) is 7.14. The minimum Gasteiger partial charge on any atom is -0.456 e. The van der Waals surface area contributed by atoms with Gasteiger partial charge in [0.15, 0.2) is 17.5 Å². The van der Waals surface area contributed by atoms with Gasteiger partial charge in [0.2, 0.25) is 0 Å². The standard InChI is InChI=1S/C51H31N3O/c1-4-13-32(14-5-1)37-25-26-41-42-23-12-24-44-47(42)48-45(55-44)28-27-40(46(48)43(41)31-37)38-21-10-19-35(29-38)36-20-11-22-39(30-36)51-53-49(33-15-6-2-7-16-33)52-50(54-51)34-17-8-3-9-18-34/h1-31H. The van der Waals surface area contributed by atoms with E-state index in [1.807, 2.05) is 60.7 Å². The van der Waals surface area contributed by atoms with E-state index in [0.29, 0.717) is 17.5 Å². The number of fused-ring (bicyclic) bond motifs is 3. The van der Waals surface area contributed by atoms with Crippen LogP contribution in [0, 0.1) is 0 Å². The van der Waals surface area contributed by atoms with Gasteiger partial charge in [-0.3, -0.25) is 0 Å². The molecule has 0 saturated heterocycles. The molecule has 256 valence electrons. The van der Waals surface area contributed by atoms with Crippen LogP contribution in [0.1, 0.15) is 0 Å². The third-order valence-electron chi connectivity index (χ3n) is 10.7. The zero-order valence-corrected chi connectivity index (χ0v) is 29.6. The molecule has 4 nitrogen and oxygen atoms in total. The summed E-state index contributed by atoms with van der Waals surface area (Å²) in [5, 5.41) is 7.21. The highest BCUT2D eigenvalue weighted by Crippen LogP contribution is 2.47. The monoisotopic (exact) mass is 701 g/mol. The first-order valence-corrected chi connectivity index (χ1v) is 18.5. The van der Waals surface area contributed by atoms with Crippen LogP contribution in [0.4, 0.5) is 0 Å². The van der Waals surface area contributed by atoms with Gasteiger partial charge in [-0.05, 0) is 79.9 Å². The molecule has 55 heavy (non-hydrogen) atoms. The second-order valence-electron chi connectivity index (χ2n) is 14.0. The fourth-order valence-electron chi connectivity index (χ4n) is 8.09. The van der Waals surface area contributed by atoms with Crippen molar-refractivity contribution in [3.63, 3.8) is 0 Å². The Morgan fingerprint density at radius 2 is 0.782 bits per heavy atom. The number of aromatic nitrogens is 3. The molecule has 0 spiro atoms. The molecule has 11 rings (SSSR count). The van der Waals surface area contributed by atoms with Gasteiger partial charge in [-0.2, -0.15) is 0 Å². The van der Waals surface area contributed by atoms with Crippen molar-refractivity contribution in [1.82, 2.24) is 15.0 Å². The maximum atomic E-state index is 6.50. The van der Waals surface area contributed by atoms with Crippen molar-refractivity contribution < 1.29 is 4.42 Å². The average Bonchev–Trinajstić information content (AvgIpc) is 3.66. The lowest BCUT2D eigenvalue weighted by atomic mass is 9.87. The Hall–Kier alpha value is -7.43. The van der Waals surface area contributed by atoms with Crippen LogP contribution in [0.25, 0.3) is 111 Å². The molecule has 0 atom stereocenters. The summed E-state index contributed by atoms with van der Waals surface area (Å²) in [5.74, 6) is 1.92. The lowest BCUT2D eigenvalue weighted by molar-refractivity contribution is 0.669. The van der Waals surface area contributed by atoms with Crippen LogP contribution in [0.3, 0.4) is 0 Å². The molecule has 9 aromatic carbocycles. The fraction of sp³-hybridized carbons (Fsp3) is 0. The van der Waals surface area contributed by atoms with Gasteiger partial charge in [-0.25, -0.2) is 15.0 Å². The number of nitrogens with zero attached hydrogens (tertiary/aromatic N) is 3. The molecule has 0 saturated carbocycles. The average molecular weight is 702 g/mol. The Labute approximate surface area is 317 Å². The number of furan rings is 1. The van der Waals surface area contributed by atoms with Crippen molar-refractivity contribution in [2.75, 3.05) is 0 Å². The summed E-state index contributed by atoms with van der Waals surface area (Å²) in [6.07, 6.45) is 0. The highest BCUT2D eigenvalue weighted by atomic mass is 16.3. The lowest BCUT2D eigenvalue weighted by Gasteiger charge is -2.15. The van der Waals surface area contributed by atoms with Crippen molar-refractivity contribution in [1.29, 1.82) is 0 Å². The van der Waals surface area contributed by atoms with Crippen molar-refractivity contribution in [3.05, 3.63) is 188 Å². The fourth-order valence-corrected chi connectivity index (χ4v) is 8.09. The number of hydrogen-bond donors (Lipinski definition) is 0. The minimum absolute atomic E-state index is 0.633. The molecular weight excluding hydrogens is 671 g/mol. The molecule has 0 aliphatic carbocycles. The molecule has 0 N–H and O–H groups in total. The van der Waals surface area contributed by atoms with E-state index in [0.717, 1.165) is 44.5 Å². The van der Waals surface area contributed by atoms with Crippen LogP contribution in [0.15, 0.2) is 192 Å². The van der Waals surface area contributed by atoms with E-state index in [-0.39, 0.29) is 0 Å². The molecule has 0 amide bonds. The minimum atomic E-state index is 0.633. The van der Waals surface area contributed by atoms with Gasteiger partial charge in [0, 0.05) is 32.8 Å². The third-order valence-corrected chi connectivity index (χ3v) is 10.7. The largest absolute Gasteiger partial charge is 0.456 e. The van der Waals surface area contributed by atoms with Gasteiger partial charge < -0.3 is 4.42 Å². The van der Waals surface area contributed by atoms with E-state index < -0.39 is 0 Å². The van der Waals surface area contributed by atoms with Crippen LogP contribution in [0.5, 0.6) is 0 Å². The van der Waals surface area contributed by atoms with Gasteiger partial charge in [0.1, 0.15) is 11.2 Å². The quantitative estimate of drug-likeness (QED) is 0.162. The normalized spacial score (nSPS) is 11.6. The molecular formula is C51H31N3O.